The zero-order valence-corrected chi connectivity index (χ0v) is 21.2. The number of carboxylic acids is 1. The first-order chi connectivity index (χ1) is 17.1. The molecule has 3 aromatic carbocycles. The molecular weight excluding hydrogens is 454 g/mol. The molecule has 1 aliphatic heterocycles. The maximum absolute atomic E-state index is 13.9. The van der Waals surface area contributed by atoms with Gasteiger partial charge in [0, 0.05) is 18.5 Å². The Morgan fingerprint density at radius 3 is 2.25 bits per heavy atom. The first kappa shape index (κ1) is 25.5. The number of ether oxygens (including phenoxy) is 2. The van der Waals surface area contributed by atoms with Gasteiger partial charge in [-0.1, -0.05) is 72.8 Å². The zero-order valence-electron chi connectivity index (χ0n) is 21.2. The van der Waals surface area contributed by atoms with Crippen molar-refractivity contribution >= 4 is 11.9 Å². The van der Waals surface area contributed by atoms with Crippen LogP contribution in [0.5, 0.6) is 5.75 Å². The van der Waals surface area contributed by atoms with E-state index >= 15 is 0 Å². The van der Waals surface area contributed by atoms with Crippen LogP contribution in [0.25, 0.3) is 0 Å². The van der Waals surface area contributed by atoms with E-state index in [-0.39, 0.29) is 18.9 Å². The summed E-state index contributed by atoms with van der Waals surface area (Å²) in [6.45, 7) is 8.16. The van der Waals surface area contributed by atoms with Gasteiger partial charge < -0.3 is 19.5 Å². The van der Waals surface area contributed by atoms with Crippen LogP contribution in [0.1, 0.15) is 54.7 Å². The SMILES string of the molecule is Cc1ccc2c(c1OCc1ccccc1)C[C@H](C(=O)O)N(C(=O)[C@H](OC(C)(C)C)c1ccccc1)C2. The van der Waals surface area contributed by atoms with Gasteiger partial charge in [-0.3, -0.25) is 4.79 Å². The van der Waals surface area contributed by atoms with Crippen LogP contribution in [0.4, 0.5) is 0 Å². The predicted molar refractivity (Wildman–Crippen MR) is 138 cm³/mol. The monoisotopic (exact) mass is 487 g/mol. The zero-order chi connectivity index (χ0) is 25.9. The van der Waals surface area contributed by atoms with Crippen LogP contribution in [-0.4, -0.2) is 33.5 Å². The maximum atomic E-state index is 13.9. The van der Waals surface area contributed by atoms with E-state index < -0.39 is 23.7 Å². The molecule has 4 rings (SSSR count). The van der Waals surface area contributed by atoms with Crippen molar-refractivity contribution in [2.45, 2.75) is 65.0 Å². The Balaban J connectivity index is 1.67. The molecular formula is C30H33NO5. The van der Waals surface area contributed by atoms with Gasteiger partial charge in [0.15, 0.2) is 6.10 Å². The molecule has 1 amide bonds. The van der Waals surface area contributed by atoms with E-state index in [9.17, 15) is 14.7 Å². The summed E-state index contributed by atoms with van der Waals surface area (Å²) >= 11 is 0. The average Bonchev–Trinajstić information content (AvgIpc) is 2.86. The number of amides is 1. The number of aliphatic carboxylic acids is 1. The van der Waals surface area contributed by atoms with Crippen molar-refractivity contribution in [2.75, 3.05) is 0 Å². The van der Waals surface area contributed by atoms with Gasteiger partial charge in [-0.15, -0.1) is 0 Å². The fourth-order valence-corrected chi connectivity index (χ4v) is 4.53. The Morgan fingerprint density at radius 2 is 1.64 bits per heavy atom. The largest absolute Gasteiger partial charge is 0.488 e. The van der Waals surface area contributed by atoms with Gasteiger partial charge >= 0.3 is 5.97 Å². The summed E-state index contributed by atoms with van der Waals surface area (Å²) in [4.78, 5) is 27.7. The Hall–Kier alpha value is -3.64. The molecule has 0 fully saturated rings. The number of carbonyl (C=O) groups excluding carboxylic acids is 1. The Bertz CT molecular complexity index is 1220. The number of carboxylic acid groups (broad SMARTS) is 1. The van der Waals surface area contributed by atoms with Crippen molar-refractivity contribution in [3.8, 4) is 5.75 Å². The molecule has 0 bridgehead atoms. The third-order valence-electron chi connectivity index (χ3n) is 6.26. The molecule has 6 nitrogen and oxygen atoms in total. The minimum Gasteiger partial charge on any atom is -0.488 e. The van der Waals surface area contributed by atoms with E-state index in [2.05, 4.69) is 0 Å². The van der Waals surface area contributed by atoms with Gasteiger partial charge in [0.2, 0.25) is 0 Å². The number of nitrogens with zero attached hydrogens (tertiary/aromatic N) is 1. The number of aryl methyl sites for hydroxylation is 1. The highest BCUT2D eigenvalue weighted by molar-refractivity contribution is 5.88. The van der Waals surface area contributed by atoms with E-state index in [1.54, 1.807) is 0 Å². The van der Waals surface area contributed by atoms with Crippen molar-refractivity contribution in [3.63, 3.8) is 0 Å². The van der Waals surface area contributed by atoms with E-state index in [0.29, 0.717) is 17.9 Å². The number of hydrogen-bond acceptors (Lipinski definition) is 4. The molecule has 1 heterocycles. The second kappa shape index (κ2) is 10.5. The van der Waals surface area contributed by atoms with Crippen LogP contribution in [-0.2, 0) is 33.9 Å². The van der Waals surface area contributed by atoms with Gasteiger partial charge in [0.25, 0.3) is 5.91 Å². The second-order valence-corrected chi connectivity index (χ2v) is 10.2. The highest BCUT2D eigenvalue weighted by Gasteiger charge is 2.40. The molecule has 0 saturated carbocycles. The molecule has 3 aromatic rings. The van der Waals surface area contributed by atoms with Crippen LogP contribution >= 0.6 is 0 Å². The highest BCUT2D eigenvalue weighted by Crippen LogP contribution is 2.36. The van der Waals surface area contributed by atoms with Gasteiger partial charge in [-0.2, -0.15) is 0 Å². The first-order valence-electron chi connectivity index (χ1n) is 12.2. The van der Waals surface area contributed by atoms with Crippen LogP contribution in [0.3, 0.4) is 0 Å². The lowest BCUT2D eigenvalue weighted by molar-refractivity contribution is -0.164. The van der Waals surface area contributed by atoms with Crippen molar-refractivity contribution in [1.82, 2.24) is 4.90 Å². The topological polar surface area (TPSA) is 76.1 Å². The highest BCUT2D eigenvalue weighted by atomic mass is 16.5. The lowest BCUT2D eigenvalue weighted by Crippen LogP contribution is -2.51. The number of hydrogen-bond donors (Lipinski definition) is 1. The quantitative estimate of drug-likeness (QED) is 0.478. The van der Waals surface area contributed by atoms with Crippen LogP contribution in [0, 0.1) is 6.92 Å². The minimum absolute atomic E-state index is 0.166. The molecule has 1 aliphatic rings. The molecule has 0 radical (unpaired) electrons. The smallest absolute Gasteiger partial charge is 0.326 e. The lowest BCUT2D eigenvalue weighted by Gasteiger charge is -2.38. The van der Waals surface area contributed by atoms with Crippen LogP contribution < -0.4 is 4.74 Å². The van der Waals surface area contributed by atoms with E-state index in [1.807, 2.05) is 100 Å². The van der Waals surface area contributed by atoms with E-state index in [4.69, 9.17) is 9.47 Å². The number of rotatable bonds is 7. The Kier molecular flexibility index (Phi) is 7.45. The molecule has 6 heteroatoms. The molecule has 1 N–H and O–H groups in total. The molecule has 0 aromatic heterocycles. The molecule has 0 unspecified atom stereocenters. The fourth-order valence-electron chi connectivity index (χ4n) is 4.53. The van der Waals surface area contributed by atoms with Crippen molar-refractivity contribution in [1.29, 1.82) is 0 Å². The minimum atomic E-state index is -1.05. The molecule has 36 heavy (non-hydrogen) atoms. The average molecular weight is 488 g/mol. The van der Waals surface area contributed by atoms with E-state index in [1.165, 1.54) is 4.90 Å². The van der Waals surface area contributed by atoms with Crippen molar-refractivity contribution in [2.24, 2.45) is 0 Å². The molecule has 0 spiro atoms. The second-order valence-electron chi connectivity index (χ2n) is 10.2. The van der Waals surface area contributed by atoms with Crippen LogP contribution in [0.15, 0.2) is 72.8 Å². The standard InChI is InChI=1S/C30H33NO5/c1-20-15-16-23-18-31(28(32)27(36-30(2,3)4)22-13-9-6-10-14-22)25(29(33)34)17-24(23)26(20)35-19-21-11-7-5-8-12-21/h5-16,25,27H,17-19H2,1-4H3,(H,33,34)/t25-,27-/m1/s1. The van der Waals surface area contributed by atoms with Gasteiger partial charge in [0.05, 0.1) is 5.60 Å². The van der Waals surface area contributed by atoms with Gasteiger partial charge in [-0.25, -0.2) is 4.79 Å². The summed E-state index contributed by atoms with van der Waals surface area (Å²) in [5, 5.41) is 10.2. The van der Waals surface area contributed by atoms with E-state index in [0.717, 1.165) is 22.3 Å². The maximum Gasteiger partial charge on any atom is 0.326 e. The Labute approximate surface area is 212 Å². The number of fused-ring (bicyclic) bond motifs is 1. The molecule has 188 valence electrons. The van der Waals surface area contributed by atoms with Crippen LogP contribution in [0.2, 0.25) is 0 Å². The summed E-state index contributed by atoms with van der Waals surface area (Å²) in [5.74, 6) is -0.714. The summed E-state index contributed by atoms with van der Waals surface area (Å²) in [6.07, 6.45) is -0.743. The first-order valence-corrected chi connectivity index (χ1v) is 12.2. The van der Waals surface area contributed by atoms with Crippen molar-refractivity contribution < 1.29 is 24.2 Å². The summed E-state index contributed by atoms with van der Waals surface area (Å²) < 4.78 is 12.4. The normalized spacial score (nSPS) is 16.2. The number of benzene rings is 3. The van der Waals surface area contributed by atoms with Crippen molar-refractivity contribution in [3.05, 3.63) is 101 Å². The summed E-state index contributed by atoms with van der Waals surface area (Å²) in [5.41, 5.74) is 3.79. The summed E-state index contributed by atoms with van der Waals surface area (Å²) in [6, 6.07) is 22.0. The van der Waals surface area contributed by atoms with Gasteiger partial charge in [-0.05, 0) is 49.9 Å². The molecule has 0 aliphatic carbocycles. The Morgan fingerprint density at radius 1 is 1.00 bits per heavy atom. The third kappa shape index (κ3) is 5.77. The third-order valence-corrected chi connectivity index (χ3v) is 6.26. The molecule has 2 atom stereocenters. The molecule has 0 saturated heterocycles. The predicted octanol–water partition coefficient (Wildman–Crippen LogP) is 5.47. The fraction of sp³-hybridized carbons (Fsp3) is 0.333. The number of carbonyl (C=O) groups is 2. The van der Waals surface area contributed by atoms with Gasteiger partial charge in [0.1, 0.15) is 18.4 Å². The summed E-state index contributed by atoms with van der Waals surface area (Å²) in [7, 11) is 0. The lowest BCUT2D eigenvalue weighted by atomic mass is 9.90.